The van der Waals surface area contributed by atoms with Crippen molar-refractivity contribution in [2.45, 2.75) is 13.0 Å². The summed E-state index contributed by atoms with van der Waals surface area (Å²) >= 11 is 0. The summed E-state index contributed by atoms with van der Waals surface area (Å²) in [5, 5.41) is 12.9. The average Bonchev–Trinajstić information content (AvgIpc) is 2.48. The number of aryl methyl sites for hydroxylation is 1. The number of rotatable bonds is 2. The van der Waals surface area contributed by atoms with E-state index in [-0.39, 0.29) is 0 Å². The van der Waals surface area contributed by atoms with Crippen LogP contribution in [0.4, 0.5) is 0 Å². The van der Waals surface area contributed by atoms with Crippen molar-refractivity contribution >= 4 is 10.8 Å². The summed E-state index contributed by atoms with van der Waals surface area (Å²) in [7, 11) is 0. The summed E-state index contributed by atoms with van der Waals surface area (Å²) in [6.45, 7) is 2.10. The van der Waals surface area contributed by atoms with Crippen LogP contribution in [0.15, 0.2) is 66.7 Å². The second-order valence-corrected chi connectivity index (χ2v) is 4.83. The van der Waals surface area contributed by atoms with Crippen LogP contribution in [0.3, 0.4) is 0 Å². The van der Waals surface area contributed by atoms with Crippen molar-refractivity contribution in [1.82, 2.24) is 0 Å². The Labute approximate surface area is 113 Å². The lowest BCUT2D eigenvalue weighted by molar-refractivity contribution is 0.222. The number of aliphatic hydroxyl groups excluding tert-OH is 1. The van der Waals surface area contributed by atoms with Crippen LogP contribution < -0.4 is 0 Å². The Hall–Kier alpha value is -2.12. The molecule has 0 bridgehead atoms. The van der Waals surface area contributed by atoms with Gasteiger partial charge in [-0.25, -0.2) is 0 Å². The van der Waals surface area contributed by atoms with Gasteiger partial charge >= 0.3 is 0 Å². The van der Waals surface area contributed by atoms with Crippen LogP contribution in [-0.2, 0) is 0 Å². The maximum atomic E-state index is 10.6. The summed E-state index contributed by atoms with van der Waals surface area (Å²) in [5.74, 6) is 0. The van der Waals surface area contributed by atoms with Crippen molar-refractivity contribution in [3.05, 3.63) is 83.4 Å². The van der Waals surface area contributed by atoms with E-state index in [0.29, 0.717) is 0 Å². The van der Waals surface area contributed by atoms with E-state index in [2.05, 4.69) is 25.1 Å². The van der Waals surface area contributed by atoms with Gasteiger partial charge in [0.15, 0.2) is 0 Å². The monoisotopic (exact) mass is 248 g/mol. The van der Waals surface area contributed by atoms with Crippen LogP contribution in [0, 0.1) is 6.92 Å². The maximum absolute atomic E-state index is 10.6. The first kappa shape index (κ1) is 11.9. The second-order valence-electron chi connectivity index (χ2n) is 4.83. The van der Waals surface area contributed by atoms with Gasteiger partial charge in [0, 0.05) is 0 Å². The van der Waals surface area contributed by atoms with Gasteiger partial charge in [0.1, 0.15) is 6.10 Å². The van der Waals surface area contributed by atoms with E-state index in [4.69, 9.17) is 0 Å². The van der Waals surface area contributed by atoms with Gasteiger partial charge in [0.25, 0.3) is 0 Å². The lowest BCUT2D eigenvalue weighted by Gasteiger charge is -2.15. The fourth-order valence-electron chi connectivity index (χ4n) is 2.53. The molecule has 94 valence electrons. The highest BCUT2D eigenvalue weighted by Gasteiger charge is 2.13. The molecule has 0 amide bonds. The number of benzene rings is 3. The molecule has 0 aromatic heterocycles. The van der Waals surface area contributed by atoms with E-state index in [1.807, 2.05) is 48.5 Å². The molecule has 0 aliphatic rings. The Morgan fingerprint density at radius 1 is 0.737 bits per heavy atom. The van der Waals surface area contributed by atoms with Crippen molar-refractivity contribution in [1.29, 1.82) is 0 Å². The van der Waals surface area contributed by atoms with E-state index >= 15 is 0 Å². The lowest BCUT2D eigenvalue weighted by atomic mass is 9.94. The first-order chi connectivity index (χ1) is 9.27. The summed E-state index contributed by atoms with van der Waals surface area (Å²) < 4.78 is 0. The van der Waals surface area contributed by atoms with Gasteiger partial charge in [-0.2, -0.15) is 0 Å². The Kier molecular flexibility index (Phi) is 3.06. The molecule has 1 atom stereocenters. The predicted molar refractivity (Wildman–Crippen MR) is 79.2 cm³/mol. The van der Waals surface area contributed by atoms with Gasteiger partial charge in [-0.1, -0.05) is 66.7 Å². The third-order valence-corrected chi connectivity index (χ3v) is 3.59. The quantitative estimate of drug-likeness (QED) is 0.719. The van der Waals surface area contributed by atoms with Gasteiger partial charge in [-0.3, -0.25) is 0 Å². The molecule has 0 saturated carbocycles. The molecule has 1 N–H and O–H groups in total. The Morgan fingerprint density at radius 3 is 2.11 bits per heavy atom. The van der Waals surface area contributed by atoms with E-state index in [1.54, 1.807) is 0 Å². The molecule has 1 nitrogen and oxygen atoms in total. The average molecular weight is 248 g/mol. The van der Waals surface area contributed by atoms with E-state index in [0.717, 1.165) is 16.5 Å². The minimum atomic E-state index is -0.577. The zero-order valence-corrected chi connectivity index (χ0v) is 10.9. The minimum absolute atomic E-state index is 0.577. The highest BCUT2D eigenvalue weighted by atomic mass is 16.3. The SMILES string of the molecule is Cc1ccc(C(O)c2ccccc2)c2ccccc12. The molecule has 0 heterocycles. The van der Waals surface area contributed by atoms with Gasteiger partial charge in [0.2, 0.25) is 0 Å². The fraction of sp³-hybridized carbons (Fsp3) is 0.111. The van der Waals surface area contributed by atoms with Crippen molar-refractivity contribution < 1.29 is 5.11 Å². The minimum Gasteiger partial charge on any atom is -0.384 e. The second kappa shape index (κ2) is 4.87. The molecule has 19 heavy (non-hydrogen) atoms. The molecule has 0 saturated heterocycles. The topological polar surface area (TPSA) is 20.2 Å². The number of hydrogen-bond acceptors (Lipinski definition) is 1. The molecule has 0 radical (unpaired) electrons. The molecule has 1 heteroatoms. The van der Waals surface area contributed by atoms with E-state index in [9.17, 15) is 5.11 Å². The smallest absolute Gasteiger partial charge is 0.105 e. The largest absolute Gasteiger partial charge is 0.384 e. The molecule has 3 aromatic rings. The van der Waals surface area contributed by atoms with Crippen LogP contribution in [0.25, 0.3) is 10.8 Å². The molecule has 0 fully saturated rings. The number of hydrogen-bond donors (Lipinski definition) is 1. The zero-order valence-electron chi connectivity index (χ0n) is 10.9. The number of fused-ring (bicyclic) bond motifs is 1. The zero-order chi connectivity index (χ0) is 13.2. The van der Waals surface area contributed by atoms with Gasteiger partial charge in [-0.15, -0.1) is 0 Å². The Morgan fingerprint density at radius 2 is 1.37 bits per heavy atom. The van der Waals surface area contributed by atoms with Gasteiger partial charge < -0.3 is 5.11 Å². The molecule has 0 aliphatic heterocycles. The van der Waals surface area contributed by atoms with E-state index < -0.39 is 6.10 Å². The highest BCUT2D eigenvalue weighted by Crippen LogP contribution is 2.30. The Balaban J connectivity index is 2.18. The van der Waals surface area contributed by atoms with E-state index in [1.165, 1.54) is 10.9 Å². The molecule has 0 spiro atoms. The maximum Gasteiger partial charge on any atom is 0.105 e. The summed E-state index contributed by atoms with van der Waals surface area (Å²) in [5.41, 5.74) is 3.13. The third kappa shape index (κ3) is 2.13. The van der Waals surface area contributed by atoms with Crippen LogP contribution >= 0.6 is 0 Å². The normalized spacial score (nSPS) is 12.5. The first-order valence-electron chi connectivity index (χ1n) is 6.48. The molecule has 1 unspecified atom stereocenters. The van der Waals surface area contributed by atoms with Crippen LogP contribution in [0.5, 0.6) is 0 Å². The molecular weight excluding hydrogens is 232 g/mol. The highest BCUT2D eigenvalue weighted by molar-refractivity contribution is 5.89. The van der Waals surface area contributed by atoms with Gasteiger partial charge in [0.05, 0.1) is 0 Å². The summed E-state index contributed by atoms with van der Waals surface area (Å²) in [6, 6.07) is 22.1. The van der Waals surface area contributed by atoms with Crippen molar-refractivity contribution in [2.24, 2.45) is 0 Å². The molecule has 3 aromatic carbocycles. The third-order valence-electron chi connectivity index (χ3n) is 3.59. The van der Waals surface area contributed by atoms with Crippen LogP contribution in [-0.4, -0.2) is 5.11 Å². The summed E-state index contributed by atoms with van der Waals surface area (Å²) in [4.78, 5) is 0. The molecular formula is C18H16O. The first-order valence-corrected chi connectivity index (χ1v) is 6.48. The molecule has 3 rings (SSSR count). The fourth-order valence-corrected chi connectivity index (χ4v) is 2.53. The van der Waals surface area contributed by atoms with Crippen molar-refractivity contribution in [3.8, 4) is 0 Å². The number of aliphatic hydroxyl groups is 1. The molecule has 0 aliphatic carbocycles. The van der Waals surface area contributed by atoms with Gasteiger partial charge in [-0.05, 0) is 34.4 Å². The predicted octanol–water partition coefficient (Wildman–Crippen LogP) is 4.23. The van der Waals surface area contributed by atoms with Crippen LogP contribution in [0.1, 0.15) is 22.8 Å². The summed E-state index contributed by atoms with van der Waals surface area (Å²) in [6.07, 6.45) is -0.577. The standard InChI is InChI=1S/C18H16O/c1-13-11-12-17(16-10-6-5-9-15(13)16)18(19)14-7-3-2-4-8-14/h2-12,18-19H,1H3. The van der Waals surface area contributed by atoms with Crippen molar-refractivity contribution in [2.75, 3.05) is 0 Å². The Bertz CT molecular complexity index is 701. The lowest BCUT2D eigenvalue weighted by Crippen LogP contribution is -2.00. The van der Waals surface area contributed by atoms with Crippen molar-refractivity contribution in [3.63, 3.8) is 0 Å². The van der Waals surface area contributed by atoms with Crippen LogP contribution in [0.2, 0.25) is 0 Å².